The van der Waals surface area contributed by atoms with Crippen LogP contribution in [0.1, 0.15) is 12.0 Å². The molecular weight excluding hydrogens is 236 g/mol. The zero-order chi connectivity index (χ0) is 13.2. The van der Waals surface area contributed by atoms with E-state index in [0.29, 0.717) is 6.61 Å². The Morgan fingerprint density at radius 3 is 2.89 bits per heavy atom. The first-order chi connectivity index (χ1) is 9.28. The lowest BCUT2D eigenvalue weighted by atomic mass is 9.90. The third-order valence-electron chi connectivity index (χ3n) is 3.75. The summed E-state index contributed by atoms with van der Waals surface area (Å²) in [6, 6.07) is 12.5. The predicted molar refractivity (Wildman–Crippen MR) is 72.7 cm³/mol. The van der Waals surface area contributed by atoms with Crippen LogP contribution in [0.15, 0.2) is 54.3 Å². The van der Waals surface area contributed by atoms with Gasteiger partial charge in [-0.25, -0.2) is 0 Å². The van der Waals surface area contributed by atoms with Crippen LogP contribution >= 0.6 is 0 Å². The summed E-state index contributed by atoms with van der Waals surface area (Å²) < 4.78 is 5.82. The number of nitriles is 1. The van der Waals surface area contributed by atoms with Gasteiger partial charge in [0.25, 0.3) is 0 Å². The summed E-state index contributed by atoms with van der Waals surface area (Å²) in [4.78, 5) is 2.13. The molecule has 1 saturated heterocycles. The molecule has 1 fully saturated rings. The van der Waals surface area contributed by atoms with Gasteiger partial charge in [-0.1, -0.05) is 36.9 Å². The van der Waals surface area contributed by atoms with E-state index in [9.17, 15) is 0 Å². The van der Waals surface area contributed by atoms with Gasteiger partial charge in [0, 0.05) is 24.2 Å². The van der Waals surface area contributed by atoms with E-state index in [1.165, 1.54) is 5.56 Å². The van der Waals surface area contributed by atoms with Gasteiger partial charge in [-0.05, 0) is 17.6 Å². The summed E-state index contributed by atoms with van der Waals surface area (Å²) in [5.41, 5.74) is 3.13. The van der Waals surface area contributed by atoms with E-state index in [2.05, 4.69) is 29.7 Å². The summed E-state index contributed by atoms with van der Waals surface area (Å²) in [6.45, 7) is 5.43. The summed E-state index contributed by atoms with van der Waals surface area (Å²) in [5, 5.41) is 9.17. The van der Waals surface area contributed by atoms with E-state index in [-0.39, 0.29) is 12.1 Å². The Labute approximate surface area is 113 Å². The van der Waals surface area contributed by atoms with Crippen molar-refractivity contribution in [2.24, 2.45) is 5.92 Å². The molecule has 1 aromatic rings. The number of rotatable bonds is 2. The lowest BCUT2D eigenvalue weighted by Crippen LogP contribution is -2.38. The molecule has 0 saturated carbocycles. The average molecular weight is 252 g/mol. The van der Waals surface area contributed by atoms with Gasteiger partial charge in [0.05, 0.1) is 12.7 Å². The fraction of sp³-hybridized carbons (Fsp3) is 0.312. The number of fused-ring (bicyclic) bond motifs is 1. The highest BCUT2D eigenvalue weighted by molar-refractivity contribution is 5.29. The average Bonchev–Trinajstić information content (AvgIpc) is 2.82. The summed E-state index contributed by atoms with van der Waals surface area (Å²) in [7, 11) is 0. The van der Waals surface area contributed by atoms with Crippen LogP contribution in [0.25, 0.3) is 0 Å². The zero-order valence-corrected chi connectivity index (χ0v) is 10.7. The number of ether oxygens (including phenoxy) is 1. The molecule has 2 aliphatic rings. The molecule has 2 heterocycles. The van der Waals surface area contributed by atoms with Crippen molar-refractivity contribution in [3.05, 3.63) is 59.8 Å². The minimum atomic E-state index is 0.0322. The molecule has 0 unspecified atom stereocenters. The Morgan fingerprint density at radius 2 is 2.16 bits per heavy atom. The van der Waals surface area contributed by atoms with Crippen LogP contribution in [0.5, 0.6) is 0 Å². The van der Waals surface area contributed by atoms with Gasteiger partial charge < -0.3 is 9.64 Å². The molecule has 3 nitrogen and oxygen atoms in total. The normalized spacial score (nSPS) is 25.7. The summed E-state index contributed by atoms with van der Waals surface area (Å²) in [5.74, 6) is 0.253. The number of benzene rings is 1. The van der Waals surface area contributed by atoms with E-state index < -0.39 is 0 Å². The van der Waals surface area contributed by atoms with Crippen molar-refractivity contribution in [3.8, 4) is 6.07 Å². The van der Waals surface area contributed by atoms with Gasteiger partial charge in [-0.2, -0.15) is 5.26 Å². The summed E-state index contributed by atoms with van der Waals surface area (Å²) in [6.07, 6.45) is 2.72. The molecule has 0 N–H and O–H groups in total. The second kappa shape index (κ2) is 4.91. The van der Waals surface area contributed by atoms with Crippen LogP contribution in [0.3, 0.4) is 0 Å². The largest absolute Gasteiger partial charge is 0.353 e. The number of nitrogens with zero attached hydrogens (tertiary/aromatic N) is 2. The van der Waals surface area contributed by atoms with Crippen molar-refractivity contribution >= 4 is 0 Å². The number of hydrogen-bond acceptors (Lipinski definition) is 3. The molecule has 96 valence electrons. The van der Waals surface area contributed by atoms with Crippen LogP contribution in [-0.4, -0.2) is 17.7 Å². The molecule has 2 aliphatic heterocycles. The molecular formula is C16H16N2O. The molecule has 2 atom stereocenters. The smallest absolute Gasteiger partial charge is 0.137 e. The Bertz CT molecular complexity index is 556. The molecule has 0 spiro atoms. The Morgan fingerprint density at radius 1 is 1.37 bits per heavy atom. The monoisotopic (exact) mass is 252 g/mol. The molecule has 1 aromatic carbocycles. The third kappa shape index (κ3) is 2.27. The SMILES string of the molecule is C=C1CO[C@@H]2[C@H]1CC(C#N)=CN2Cc1ccccc1. The van der Waals surface area contributed by atoms with Crippen LogP contribution < -0.4 is 0 Å². The van der Waals surface area contributed by atoms with E-state index in [4.69, 9.17) is 10.00 Å². The van der Waals surface area contributed by atoms with Gasteiger partial charge in [0.1, 0.15) is 6.23 Å². The molecule has 0 aromatic heterocycles. The van der Waals surface area contributed by atoms with E-state index in [0.717, 1.165) is 24.1 Å². The van der Waals surface area contributed by atoms with Crippen LogP contribution in [0.4, 0.5) is 0 Å². The highest BCUT2D eigenvalue weighted by atomic mass is 16.5. The maximum absolute atomic E-state index is 9.17. The number of allylic oxidation sites excluding steroid dienone is 1. The van der Waals surface area contributed by atoms with Gasteiger partial charge in [-0.3, -0.25) is 0 Å². The summed E-state index contributed by atoms with van der Waals surface area (Å²) >= 11 is 0. The first-order valence-electron chi connectivity index (χ1n) is 6.47. The van der Waals surface area contributed by atoms with Gasteiger partial charge in [-0.15, -0.1) is 0 Å². The third-order valence-corrected chi connectivity index (χ3v) is 3.75. The van der Waals surface area contributed by atoms with Crippen molar-refractivity contribution in [1.82, 2.24) is 4.90 Å². The molecule has 0 bridgehead atoms. The Kier molecular flexibility index (Phi) is 3.10. The topological polar surface area (TPSA) is 36.3 Å². The quantitative estimate of drug-likeness (QED) is 0.759. The molecule has 0 aliphatic carbocycles. The standard InChI is InChI=1S/C16H16N2O/c1-12-11-19-16-15(12)7-14(8-17)10-18(16)9-13-5-3-2-4-6-13/h2-6,10,15-16H,1,7,9,11H2/t15-,16+/m0/s1. The minimum absolute atomic E-state index is 0.0322. The second-order valence-electron chi connectivity index (χ2n) is 5.09. The molecule has 3 rings (SSSR count). The van der Waals surface area contributed by atoms with Crippen molar-refractivity contribution in [3.63, 3.8) is 0 Å². The highest BCUT2D eigenvalue weighted by Crippen LogP contribution is 2.37. The van der Waals surface area contributed by atoms with Crippen LogP contribution in [-0.2, 0) is 11.3 Å². The maximum Gasteiger partial charge on any atom is 0.137 e. The van der Waals surface area contributed by atoms with Crippen molar-refractivity contribution < 1.29 is 4.74 Å². The molecule has 0 amide bonds. The Hall–Kier alpha value is -2.05. The van der Waals surface area contributed by atoms with Crippen LogP contribution in [0.2, 0.25) is 0 Å². The molecule has 0 radical (unpaired) electrons. The van der Waals surface area contributed by atoms with Crippen molar-refractivity contribution in [2.75, 3.05) is 6.61 Å². The lowest BCUT2D eigenvalue weighted by molar-refractivity contribution is -0.0248. The van der Waals surface area contributed by atoms with E-state index >= 15 is 0 Å². The Balaban J connectivity index is 1.86. The van der Waals surface area contributed by atoms with Gasteiger partial charge in [0.15, 0.2) is 0 Å². The van der Waals surface area contributed by atoms with E-state index in [1.807, 2.05) is 24.4 Å². The van der Waals surface area contributed by atoms with Crippen LogP contribution in [0, 0.1) is 17.2 Å². The minimum Gasteiger partial charge on any atom is -0.353 e. The molecule has 3 heteroatoms. The maximum atomic E-state index is 9.17. The second-order valence-corrected chi connectivity index (χ2v) is 5.09. The van der Waals surface area contributed by atoms with Crippen molar-refractivity contribution in [2.45, 2.75) is 19.2 Å². The first kappa shape index (κ1) is 12.0. The van der Waals surface area contributed by atoms with Crippen molar-refractivity contribution in [1.29, 1.82) is 5.26 Å². The highest BCUT2D eigenvalue weighted by Gasteiger charge is 2.38. The van der Waals surface area contributed by atoms with Gasteiger partial charge >= 0.3 is 0 Å². The van der Waals surface area contributed by atoms with Gasteiger partial charge in [0.2, 0.25) is 0 Å². The first-order valence-corrected chi connectivity index (χ1v) is 6.47. The lowest BCUT2D eigenvalue weighted by Gasteiger charge is -2.35. The fourth-order valence-electron chi connectivity index (χ4n) is 2.76. The molecule has 19 heavy (non-hydrogen) atoms. The fourth-order valence-corrected chi connectivity index (χ4v) is 2.76. The zero-order valence-electron chi connectivity index (χ0n) is 10.7. The predicted octanol–water partition coefficient (Wildman–Crippen LogP) is 2.83. The number of hydrogen-bond donors (Lipinski definition) is 0. The van der Waals surface area contributed by atoms with E-state index in [1.54, 1.807) is 0 Å².